The first-order valence-electron chi connectivity index (χ1n) is 15.1. The minimum absolute atomic E-state index is 0.279. The standard InChI is InChI=1S/C28H55NO11/c1-2-3-4-5-6-7-8-9-10-11-12-13-14-15-16-29-27(38)24(36)23(35)26(19(32)17-30)40-28-25(37)22(34)21(33)20(18-31)39-28/h19-26,28,30-37H,2-18H2,1H3,(H,29,38)/t19-,20?,21+,22?,23-,24-,25?,26-,28+/m1/s1. The van der Waals surface area contributed by atoms with Gasteiger partial charge in [-0.05, 0) is 6.42 Å². The van der Waals surface area contributed by atoms with Gasteiger partial charge in [0.2, 0.25) is 0 Å². The fraction of sp³-hybridized carbons (Fsp3) is 0.964. The van der Waals surface area contributed by atoms with Crippen molar-refractivity contribution < 1.29 is 55.1 Å². The van der Waals surface area contributed by atoms with Crippen LogP contribution in [0.1, 0.15) is 96.8 Å². The molecule has 1 amide bonds. The van der Waals surface area contributed by atoms with Gasteiger partial charge in [0, 0.05) is 6.54 Å². The lowest BCUT2D eigenvalue weighted by atomic mass is 9.98. The summed E-state index contributed by atoms with van der Waals surface area (Å²) in [4.78, 5) is 12.4. The first-order chi connectivity index (χ1) is 19.2. The van der Waals surface area contributed by atoms with Crippen LogP contribution in [0.25, 0.3) is 0 Å². The Balaban J connectivity index is 2.32. The molecular formula is C28H55NO11. The minimum Gasteiger partial charge on any atom is -0.394 e. The molecule has 9 N–H and O–H groups in total. The molecule has 0 aromatic heterocycles. The molecule has 12 nitrogen and oxygen atoms in total. The monoisotopic (exact) mass is 581 g/mol. The van der Waals surface area contributed by atoms with Crippen LogP contribution in [-0.2, 0) is 14.3 Å². The summed E-state index contributed by atoms with van der Waals surface area (Å²) in [6.07, 6.45) is 0.720. The van der Waals surface area contributed by atoms with Crippen LogP contribution in [0.5, 0.6) is 0 Å². The van der Waals surface area contributed by atoms with E-state index in [1.54, 1.807) is 0 Å². The Kier molecular flexibility index (Phi) is 20.1. The number of carbonyl (C=O) groups excluding carboxylic acids is 1. The SMILES string of the molecule is CCCCCCCCCCCCCCCCNC(=O)[C@H](O)[C@@H](O)[C@H](O[C@@H]1OC(CO)[C@H](O)C(O)C1O)[C@H](O)CO. The molecular weight excluding hydrogens is 526 g/mol. The van der Waals surface area contributed by atoms with Crippen LogP contribution in [0, 0.1) is 0 Å². The van der Waals surface area contributed by atoms with E-state index in [1.165, 1.54) is 64.2 Å². The molecule has 3 unspecified atom stereocenters. The van der Waals surface area contributed by atoms with E-state index < -0.39 is 74.2 Å². The Morgan fingerprint density at radius 2 is 1.27 bits per heavy atom. The van der Waals surface area contributed by atoms with Gasteiger partial charge in [0.1, 0.15) is 42.7 Å². The van der Waals surface area contributed by atoms with Gasteiger partial charge in [-0.2, -0.15) is 0 Å². The Morgan fingerprint density at radius 1 is 0.775 bits per heavy atom. The van der Waals surface area contributed by atoms with Gasteiger partial charge < -0.3 is 55.6 Å². The summed E-state index contributed by atoms with van der Waals surface area (Å²) in [5, 5.41) is 82.1. The van der Waals surface area contributed by atoms with E-state index in [-0.39, 0.29) is 6.54 Å². The molecule has 1 heterocycles. The third kappa shape index (κ3) is 13.4. The lowest BCUT2D eigenvalue weighted by Gasteiger charge is -2.42. The highest BCUT2D eigenvalue weighted by Gasteiger charge is 2.47. The molecule has 0 aromatic carbocycles. The van der Waals surface area contributed by atoms with Crippen molar-refractivity contribution in [1.29, 1.82) is 0 Å². The summed E-state index contributed by atoms with van der Waals surface area (Å²) >= 11 is 0. The van der Waals surface area contributed by atoms with Crippen molar-refractivity contribution in [3.63, 3.8) is 0 Å². The fourth-order valence-corrected chi connectivity index (χ4v) is 4.81. The third-order valence-corrected chi connectivity index (χ3v) is 7.46. The summed E-state index contributed by atoms with van der Waals surface area (Å²) < 4.78 is 10.5. The van der Waals surface area contributed by atoms with Gasteiger partial charge in [-0.3, -0.25) is 4.79 Å². The van der Waals surface area contributed by atoms with Crippen LogP contribution >= 0.6 is 0 Å². The normalized spacial score (nSPS) is 26.3. The number of ether oxygens (including phenoxy) is 2. The summed E-state index contributed by atoms with van der Waals surface area (Å²) in [6, 6.07) is 0. The Labute approximate surface area is 238 Å². The van der Waals surface area contributed by atoms with Crippen molar-refractivity contribution in [2.24, 2.45) is 0 Å². The second kappa shape index (κ2) is 21.7. The molecule has 12 heteroatoms. The zero-order valence-electron chi connectivity index (χ0n) is 24.0. The van der Waals surface area contributed by atoms with E-state index in [0.29, 0.717) is 6.42 Å². The summed E-state index contributed by atoms with van der Waals surface area (Å²) in [6.45, 7) is 0.853. The summed E-state index contributed by atoms with van der Waals surface area (Å²) in [5.41, 5.74) is 0. The summed E-state index contributed by atoms with van der Waals surface area (Å²) in [5.74, 6) is -0.908. The van der Waals surface area contributed by atoms with Gasteiger partial charge >= 0.3 is 0 Å². The van der Waals surface area contributed by atoms with Crippen LogP contribution in [-0.4, -0.2) is 122 Å². The minimum atomic E-state index is -2.04. The van der Waals surface area contributed by atoms with Crippen LogP contribution in [0.15, 0.2) is 0 Å². The quantitative estimate of drug-likeness (QED) is 0.0724. The average Bonchev–Trinajstić information content (AvgIpc) is 2.96. The molecule has 1 aliphatic rings. The van der Waals surface area contributed by atoms with E-state index in [9.17, 15) is 45.6 Å². The number of carbonyl (C=O) groups is 1. The van der Waals surface area contributed by atoms with E-state index >= 15 is 0 Å². The maximum Gasteiger partial charge on any atom is 0.251 e. The molecule has 0 aromatic rings. The van der Waals surface area contributed by atoms with Crippen LogP contribution < -0.4 is 5.32 Å². The van der Waals surface area contributed by atoms with Crippen molar-refractivity contribution in [3.05, 3.63) is 0 Å². The molecule has 9 atom stereocenters. The van der Waals surface area contributed by atoms with Crippen molar-refractivity contribution in [2.75, 3.05) is 19.8 Å². The molecule has 1 rings (SSSR count). The fourth-order valence-electron chi connectivity index (χ4n) is 4.81. The number of amides is 1. The lowest BCUT2D eigenvalue weighted by molar-refractivity contribution is -0.326. The molecule has 0 radical (unpaired) electrons. The van der Waals surface area contributed by atoms with E-state index in [2.05, 4.69) is 12.2 Å². The number of rotatable bonds is 23. The maximum absolute atomic E-state index is 12.4. The third-order valence-electron chi connectivity index (χ3n) is 7.46. The Morgan fingerprint density at radius 3 is 1.75 bits per heavy atom. The van der Waals surface area contributed by atoms with Crippen molar-refractivity contribution in [1.82, 2.24) is 5.32 Å². The van der Waals surface area contributed by atoms with Gasteiger partial charge in [0.15, 0.2) is 12.4 Å². The van der Waals surface area contributed by atoms with Gasteiger partial charge in [0.05, 0.1) is 13.2 Å². The largest absolute Gasteiger partial charge is 0.394 e. The lowest BCUT2D eigenvalue weighted by Crippen LogP contribution is -2.62. The zero-order valence-corrected chi connectivity index (χ0v) is 24.0. The topological polar surface area (TPSA) is 209 Å². The number of aliphatic hydroxyl groups excluding tert-OH is 8. The second-order valence-electron chi connectivity index (χ2n) is 10.9. The number of hydrogen-bond donors (Lipinski definition) is 9. The second-order valence-corrected chi connectivity index (χ2v) is 10.9. The van der Waals surface area contributed by atoms with Crippen molar-refractivity contribution in [3.8, 4) is 0 Å². The van der Waals surface area contributed by atoms with Crippen LogP contribution in [0.2, 0.25) is 0 Å². The van der Waals surface area contributed by atoms with Crippen molar-refractivity contribution >= 4 is 5.91 Å². The molecule has 0 spiro atoms. The molecule has 40 heavy (non-hydrogen) atoms. The predicted octanol–water partition coefficient (Wildman–Crippen LogP) is -0.156. The van der Waals surface area contributed by atoms with Crippen LogP contribution in [0.4, 0.5) is 0 Å². The number of unbranched alkanes of at least 4 members (excludes halogenated alkanes) is 13. The molecule has 1 fully saturated rings. The predicted molar refractivity (Wildman–Crippen MR) is 147 cm³/mol. The van der Waals surface area contributed by atoms with Crippen LogP contribution in [0.3, 0.4) is 0 Å². The van der Waals surface area contributed by atoms with E-state index in [4.69, 9.17) is 9.47 Å². The highest BCUT2D eigenvalue weighted by Crippen LogP contribution is 2.25. The van der Waals surface area contributed by atoms with Gasteiger partial charge in [-0.1, -0.05) is 90.4 Å². The van der Waals surface area contributed by atoms with Gasteiger partial charge in [-0.25, -0.2) is 0 Å². The molecule has 0 bridgehead atoms. The Hall–Kier alpha value is -0.930. The molecule has 1 aliphatic heterocycles. The van der Waals surface area contributed by atoms with Gasteiger partial charge in [-0.15, -0.1) is 0 Å². The maximum atomic E-state index is 12.4. The molecule has 0 saturated carbocycles. The first-order valence-corrected chi connectivity index (χ1v) is 15.1. The smallest absolute Gasteiger partial charge is 0.251 e. The Bertz CT molecular complexity index is 641. The zero-order chi connectivity index (χ0) is 29.9. The first kappa shape index (κ1) is 37.1. The van der Waals surface area contributed by atoms with Gasteiger partial charge in [0.25, 0.3) is 5.91 Å². The summed E-state index contributed by atoms with van der Waals surface area (Å²) in [7, 11) is 0. The molecule has 1 saturated heterocycles. The van der Waals surface area contributed by atoms with E-state index in [0.717, 1.165) is 19.3 Å². The molecule has 238 valence electrons. The average molecular weight is 582 g/mol. The number of hydrogen-bond acceptors (Lipinski definition) is 11. The van der Waals surface area contributed by atoms with E-state index in [1.807, 2.05) is 0 Å². The molecule has 0 aliphatic carbocycles. The number of nitrogens with one attached hydrogen (secondary N) is 1. The highest BCUT2D eigenvalue weighted by molar-refractivity contribution is 5.81. The number of aliphatic hydroxyl groups is 8. The highest BCUT2D eigenvalue weighted by atomic mass is 16.7. The van der Waals surface area contributed by atoms with Crippen molar-refractivity contribution in [2.45, 2.75) is 152 Å².